The molecule has 1 aliphatic rings. The van der Waals surface area contributed by atoms with Crippen molar-refractivity contribution in [3.8, 4) is 11.5 Å². The van der Waals surface area contributed by atoms with Crippen molar-refractivity contribution in [2.75, 3.05) is 26.8 Å². The van der Waals surface area contributed by atoms with Gasteiger partial charge in [0.2, 0.25) is 0 Å². The Balaban J connectivity index is 1.42. The average molecular weight is 337 g/mol. The van der Waals surface area contributed by atoms with Crippen molar-refractivity contribution in [1.29, 1.82) is 0 Å². The molecular formula is C20H23N3O2. The van der Waals surface area contributed by atoms with Crippen LogP contribution in [0.1, 0.15) is 11.5 Å². The standard InChI is InChI=1S/C20H23N3O2/c1-15-13-23-10-9-22(14-20(23)21-15)11-12-25-19-8-7-18(24-2)16-5-3-4-6-17(16)19/h3-8,13H,9-12,14H2,1-2H3. The molecule has 1 aromatic heterocycles. The van der Waals surface area contributed by atoms with Gasteiger partial charge >= 0.3 is 0 Å². The molecule has 0 spiro atoms. The second-order valence-corrected chi connectivity index (χ2v) is 6.43. The second-order valence-electron chi connectivity index (χ2n) is 6.43. The van der Waals surface area contributed by atoms with Crippen molar-refractivity contribution in [3.63, 3.8) is 0 Å². The molecule has 25 heavy (non-hydrogen) atoms. The van der Waals surface area contributed by atoms with E-state index in [1.165, 1.54) is 0 Å². The van der Waals surface area contributed by atoms with Crippen molar-refractivity contribution in [1.82, 2.24) is 14.5 Å². The van der Waals surface area contributed by atoms with Gasteiger partial charge in [-0.05, 0) is 19.1 Å². The smallest absolute Gasteiger partial charge is 0.127 e. The van der Waals surface area contributed by atoms with E-state index in [4.69, 9.17) is 9.47 Å². The first-order valence-corrected chi connectivity index (χ1v) is 8.68. The number of benzene rings is 2. The van der Waals surface area contributed by atoms with Gasteiger partial charge in [-0.15, -0.1) is 0 Å². The maximum atomic E-state index is 6.09. The zero-order valence-electron chi connectivity index (χ0n) is 14.7. The van der Waals surface area contributed by atoms with E-state index in [0.717, 1.165) is 60.0 Å². The summed E-state index contributed by atoms with van der Waals surface area (Å²) in [5.41, 5.74) is 1.10. The lowest BCUT2D eigenvalue weighted by Gasteiger charge is -2.27. The number of aromatic nitrogens is 2. The predicted molar refractivity (Wildman–Crippen MR) is 98.2 cm³/mol. The summed E-state index contributed by atoms with van der Waals surface area (Å²) in [6, 6.07) is 12.2. The van der Waals surface area contributed by atoms with E-state index in [9.17, 15) is 0 Å². The highest BCUT2D eigenvalue weighted by Crippen LogP contribution is 2.32. The Labute approximate surface area is 147 Å². The van der Waals surface area contributed by atoms with Gasteiger partial charge in [0.15, 0.2) is 0 Å². The van der Waals surface area contributed by atoms with E-state index in [0.29, 0.717) is 6.61 Å². The van der Waals surface area contributed by atoms with Crippen LogP contribution in [0.25, 0.3) is 10.8 Å². The van der Waals surface area contributed by atoms with Crippen LogP contribution in [-0.4, -0.2) is 41.3 Å². The minimum atomic E-state index is 0.663. The number of hydrogen-bond donors (Lipinski definition) is 0. The van der Waals surface area contributed by atoms with Gasteiger partial charge < -0.3 is 14.0 Å². The van der Waals surface area contributed by atoms with Gasteiger partial charge in [-0.1, -0.05) is 24.3 Å². The molecule has 0 bridgehead atoms. The molecule has 0 unspecified atom stereocenters. The van der Waals surface area contributed by atoms with Crippen LogP contribution >= 0.6 is 0 Å². The first-order valence-electron chi connectivity index (χ1n) is 8.68. The van der Waals surface area contributed by atoms with Crippen LogP contribution in [0.15, 0.2) is 42.6 Å². The third-order valence-corrected chi connectivity index (χ3v) is 4.73. The lowest BCUT2D eigenvalue weighted by atomic mass is 10.1. The Morgan fingerprint density at radius 2 is 1.80 bits per heavy atom. The fourth-order valence-corrected chi connectivity index (χ4v) is 3.47. The van der Waals surface area contributed by atoms with Crippen LogP contribution in [0.3, 0.4) is 0 Å². The number of imidazole rings is 1. The quantitative estimate of drug-likeness (QED) is 0.716. The summed E-state index contributed by atoms with van der Waals surface area (Å²) in [4.78, 5) is 6.99. The van der Waals surface area contributed by atoms with E-state index in [1.807, 2.05) is 31.2 Å². The summed E-state index contributed by atoms with van der Waals surface area (Å²) in [7, 11) is 1.70. The number of hydrogen-bond acceptors (Lipinski definition) is 4. The van der Waals surface area contributed by atoms with Crippen molar-refractivity contribution in [3.05, 3.63) is 54.1 Å². The van der Waals surface area contributed by atoms with Crippen LogP contribution in [0.4, 0.5) is 0 Å². The number of nitrogens with zero attached hydrogens (tertiary/aromatic N) is 3. The zero-order valence-corrected chi connectivity index (χ0v) is 14.7. The van der Waals surface area contributed by atoms with Gasteiger partial charge in [0, 0.05) is 36.6 Å². The summed E-state index contributed by atoms with van der Waals surface area (Å²) >= 11 is 0. The highest BCUT2D eigenvalue weighted by atomic mass is 16.5. The molecule has 2 aromatic carbocycles. The molecule has 0 N–H and O–H groups in total. The highest BCUT2D eigenvalue weighted by Gasteiger charge is 2.17. The summed E-state index contributed by atoms with van der Waals surface area (Å²) in [6.45, 7) is 6.54. The maximum absolute atomic E-state index is 6.09. The van der Waals surface area contributed by atoms with E-state index in [1.54, 1.807) is 7.11 Å². The Bertz CT molecular complexity index is 888. The third-order valence-electron chi connectivity index (χ3n) is 4.73. The molecule has 5 heteroatoms. The largest absolute Gasteiger partial charge is 0.496 e. The zero-order chi connectivity index (χ0) is 17.2. The van der Waals surface area contributed by atoms with E-state index in [2.05, 4.69) is 32.8 Å². The summed E-state index contributed by atoms with van der Waals surface area (Å²) in [6.07, 6.45) is 2.13. The molecule has 0 saturated carbocycles. The molecule has 0 radical (unpaired) electrons. The summed E-state index contributed by atoms with van der Waals surface area (Å²) in [5, 5.41) is 2.17. The number of methoxy groups -OCH3 is 1. The molecule has 0 aliphatic carbocycles. The molecule has 3 aromatic rings. The van der Waals surface area contributed by atoms with Gasteiger partial charge in [0.1, 0.15) is 23.9 Å². The number of ether oxygens (including phenoxy) is 2. The first-order chi connectivity index (χ1) is 12.2. The molecule has 4 rings (SSSR count). The molecule has 0 amide bonds. The molecule has 0 atom stereocenters. The topological polar surface area (TPSA) is 39.5 Å². The lowest BCUT2D eigenvalue weighted by molar-refractivity contribution is 0.175. The third kappa shape index (κ3) is 3.20. The lowest BCUT2D eigenvalue weighted by Crippen LogP contribution is -2.36. The minimum absolute atomic E-state index is 0.663. The van der Waals surface area contributed by atoms with Crippen LogP contribution in [-0.2, 0) is 13.1 Å². The van der Waals surface area contributed by atoms with Gasteiger partial charge in [-0.3, -0.25) is 4.90 Å². The van der Waals surface area contributed by atoms with E-state index >= 15 is 0 Å². The molecule has 5 nitrogen and oxygen atoms in total. The molecule has 130 valence electrons. The molecule has 0 saturated heterocycles. The SMILES string of the molecule is COc1ccc(OCCN2CCn3cc(C)nc3C2)c2ccccc12. The van der Waals surface area contributed by atoms with Gasteiger partial charge in [-0.25, -0.2) is 4.98 Å². The number of rotatable bonds is 5. The predicted octanol–water partition coefficient (Wildman–Crippen LogP) is 3.25. The monoisotopic (exact) mass is 337 g/mol. The van der Waals surface area contributed by atoms with Crippen LogP contribution in [0.5, 0.6) is 11.5 Å². The van der Waals surface area contributed by atoms with Gasteiger partial charge in [0.25, 0.3) is 0 Å². The fourth-order valence-electron chi connectivity index (χ4n) is 3.47. The van der Waals surface area contributed by atoms with Crippen LogP contribution in [0, 0.1) is 6.92 Å². The Morgan fingerprint density at radius 1 is 1.04 bits per heavy atom. The second kappa shape index (κ2) is 6.76. The Morgan fingerprint density at radius 3 is 2.60 bits per heavy atom. The summed E-state index contributed by atoms with van der Waals surface area (Å²) < 4.78 is 13.8. The van der Waals surface area contributed by atoms with Gasteiger partial charge in [0.05, 0.1) is 19.3 Å². The molecule has 0 fully saturated rings. The molecular weight excluding hydrogens is 314 g/mol. The highest BCUT2D eigenvalue weighted by molar-refractivity contribution is 5.93. The normalized spacial score (nSPS) is 14.5. The molecule has 2 heterocycles. The molecule has 1 aliphatic heterocycles. The van der Waals surface area contributed by atoms with Gasteiger partial charge in [-0.2, -0.15) is 0 Å². The number of fused-ring (bicyclic) bond motifs is 2. The average Bonchev–Trinajstić information content (AvgIpc) is 3.01. The Hall–Kier alpha value is -2.53. The maximum Gasteiger partial charge on any atom is 0.127 e. The van der Waals surface area contributed by atoms with Crippen molar-refractivity contribution in [2.45, 2.75) is 20.0 Å². The van der Waals surface area contributed by atoms with Crippen LogP contribution < -0.4 is 9.47 Å². The Kier molecular flexibility index (Phi) is 4.32. The first kappa shape index (κ1) is 16.0. The van der Waals surface area contributed by atoms with Crippen LogP contribution in [0.2, 0.25) is 0 Å². The van der Waals surface area contributed by atoms with Crippen molar-refractivity contribution in [2.24, 2.45) is 0 Å². The van der Waals surface area contributed by atoms with Crippen molar-refractivity contribution < 1.29 is 9.47 Å². The van der Waals surface area contributed by atoms with E-state index < -0.39 is 0 Å². The summed E-state index contributed by atoms with van der Waals surface area (Å²) in [5.74, 6) is 2.94. The minimum Gasteiger partial charge on any atom is -0.496 e. The number of aryl methyl sites for hydroxylation is 1. The van der Waals surface area contributed by atoms with E-state index in [-0.39, 0.29) is 0 Å². The fraction of sp³-hybridized carbons (Fsp3) is 0.350. The van der Waals surface area contributed by atoms with Crippen molar-refractivity contribution >= 4 is 10.8 Å².